The van der Waals surface area contributed by atoms with Gasteiger partial charge >= 0.3 is 0 Å². The van der Waals surface area contributed by atoms with Crippen LogP contribution in [0.1, 0.15) is 77.2 Å². The molecule has 0 bridgehead atoms. The number of unbranched alkanes of at least 4 members (excludes halogenated alkanes) is 7. The summed E-state index contributed by atoms with van der Waals surface area (Å²) >= 11 is 0. The quantitative estimate of drug-likeness (QED) is 0.208. The Balaban J connectivity index is 1.67. The van der Waals surface area contributed by atoms with Crippen molar-refractivity contribution >= 4 is 0 Å². The van der Waals surface area contributed by atoms with Crippen molar-refractivity contribution in [1.29, 1.82) is 0 Å². The lowest BCUT2D eigenvalue weighted by atomic mass is 9.97. The van der Waals surface area contributed by atoms with E-state index in [0.717, 1.165) is 37.7 Å². The van der Waals surface area contributed by atoms with Gasteiger partial charge in [0.1, 0.15) is 5.82 Å². The van der Waals surface area contributed by atoms with Gasteiger partial charge < -0.3 is 4.74 Å². The van der Waals surface area contributed by atoms with Crippen molar-refractivity contribution in [3.63, 3.8) is 0 Å². The van der Waals surface area contributed by atoms with E-state index in [9.17, 15) is 13.2 Å². The summed E-state index contributed by atoms with van der Waals surface area (Å²) in [5, 5.41) is 0. The molecule has 35 heavy (non-hydrogen) atoms. The minimum Gasteiger partial charge on any atom is -0.490 e. The summed E-state index contributed by atoms with van der Waals surface area (Å²) in [5.74, 6) is -2.89. The monoisotopic (exact) mass is 482 g/mol. The molecule has 3 rings (SSSR count). The van der Waals surface area contributed by atoms with Crippen molar-refractivity contribution in [1.82, 2.24) is 0 Å². The van der Waals surface area contributed by atoms with Gasteiger partial charge in [0, 0.05) is 11.1 Å². The maximum absolute atomic E-state index is 15.0. The third kappa shape index (κ3) is 7.62. The largest absolute Gasteiger partial charge is 0.490 e. The second-order valence-electron chi connectivity index (χ2n) is 9.20. The van der Waals surface area contributed by atoms with Gasteiger partial charge in [0.25, 0.3) is 0 Å². The summed E-state index contributed by atoms with van der Waals surface area (Å²) in [6.07, 6.45) is 11.2. The van der Waals surface area contributed by atoms with E-state index in [-0.39, 0.29) is 16.9 Å². The maximum atomic E-state index is 15.0. The standard InChI is InChI=1S/C31H37F3O/c1-3-5-7-9-10-12-23-13-15-24(16-14-23)25-17-18-26(28(32)22-25)27-19-20-29(31(34)30(27)33)35-21-11-8-6-4-2/h13-20,22H,3-12,21H2,1-2H3. The van der Waals surface area contributed by atoms with Crippen molar-refractivity contribution in [3.8, 4) is 28.0 Å². The van der Waals surface area contributed by atoms with E-state index < -0.39 is 17.5 Å². The van der Waals surface area contributed by atoms with Gasteiger partial charge in [-0.25, -0.2) is 8.78 Å². The number of rotatable bonds is 14. The molecule has 1 nitrogen and oxygen atoms in total. The third-order valence-corrected chi connectivity index (χ3v) is 6.42. The van der Waals surface area contributed by atoms with Crippen molar-refractivity contribution in [3.05, 3.63) is 77.6 Å². The van der Waals surface area contributed by atoms with Gasteiger partial charge in [-0.05, 0) is 54.2 Å². The van der Waals surface area contributed by atoms with E-state index in [2.05, 4.69) is 26.0 Å². The Labute approximate surface area is 208 Å². The van der Waals surface area contributed by atoms with Crippen LogP contribution in [0, 0.1) is 17.5 Å². The molecule has 0 aliphatic rings. The minimum atomic E-state index is -1.09. The SMILES string of the molecule is CCCCCCCc1ccc(-c2ccc(-c3ccc(OCCCCCC)c(F)c3F)c(F)c2)cc1. The van der Waals surface area contributed by atoms with Gasteiger partial charge in [0.05, 0.1) is 6.61 Å². The molecule has 0 heterocycles. The molecule has 0 aromatic heterocycles. The van der Waals surface area contributed by atoms with Crippen LogP contribution in [-0.4, -0.2) is 6.61 Å². The number of aryl methyl sites for hydroxylation is 1. The van der Waals surface area contributed by atoms with Gasteiger partial charge in [0.15, 0.2) is 11.6 Å². The molecule has 0 atom stereocenters. The summed E-state index contributed by atoms with van der Waals surface area (Å²) in [4.78, 5) is 0. The van der Waals surface area contributed by atoms with E-state index in [1.807, 2.05) is 12.1 Å². The fourth-order valence-electron chi connectivity index (χ4n) is 4.27. The van der Waals surface area contributed by atoms with E-state index in [1.165, 1.54) is 61.9 Å². The first kappa shape index (κ1) is 26.8. The maximum Gasteiger partial charge on any atom is 0.201 e. The average molecular weight is 483 g/mol. The highest BCUT2D eigenvalue weighted by molar-refractivity contribution is 5.72. The molecule has 3 aromatic carbocycles. The van der Waals surface area contributed by atoms with Crippen molar-refractivity contribution < 1.29 is 17.9 Å². The zero-order valence-corrected chi connectivity index (χ0v) is 21.0. The van der Waals surface area contributed by atoms with Crippen LogP contribution in [0.25, 0.3) is 22.3 Å². The molecule has 0 saturated heterocycles. The van der Waals surface area contributed by atoms with Crippen molar-refractivity contribution in [2.45, 2.75) is 78.1 Å². The highest BCUT2D eigenvalue weighted by Gasteiger charge is 2.18. The molecule has 4 heteroatoms. The van der Waals surface area contributed by atoms with Crippen LogP contribution in [0.4, 0.5) is 13.2 Å². The summed E-state index contributed by atoms with van der Waals surface area (Å²) < 4.78 is 49.7. The normalized spacial score (nSPS) is 11.1. The Morgan fingerprint density at radius 3 is 1.91 bits per heavy atom. The number of hydrogen-bond acceptors (Lipinski definition) is 1. The van der Waals surface area contributed by atoms with Crippen molar-refractivity contribution in [2.24, 2.45) is 0 Å². The Morgan fingerprint density at radius 2 is 1.23 bits per heavy atom. The number of ether oxygens (including phenoxy) is 1. The predicted molar refractivity (Wildman–Crippen MR) is 139 cm³/mol. The van der Waals surface area contributed by atoms with Gasteiger partial charge in [-0.2, -0.15) is 4.39 Å². The third-order valence-electron chi connectivity index (χ3n) is 6.42. The second kappa shape index (κ2) is 14.0. The molecular formula is C31H37F3O. The Bertz CT molecular complexity index is 1060. The van der Waals surface area contributed by atoms with E-state index in [0.29, 0.717) is 12.2 Å². The highest BCUT2D eigenvalue weighted by atomic mass is 19.2. The number of benzene rings is 3. The first-order valence-corrected chi connectivity index (χ1v) is 13.0. The Hall–Kier alpha value is -2.75. The van der Waals surface area contributed by atoms with Crippen molar-refractivity contribution in [2.75, 3.05) is 6.61 Å². The Morgan fingerprint density at radius 1 is 0.600 bits per heavy atom. The smallest absolute Gasteiger partial charge is 0.201 e. The summed E-state index contributed by atoms with van der Waals surface area (Å²) in [7, 11) is 0. The lowest BCUT2D eigenvalue weighted by Crippen LogP contribution is -2.02. The molecule has 0 fully saturated rings. The van der Waals surface area contributed by atoms with Gasteiger partial charge in [-0.1, -0.05) is 95.2 Å². The molecule has 0 N–H and O–H groups in total. The number of hydrogen-bond donors (Lipinski definition) is 0. The molecule has 0 amide bonds. The zero-order chi connectivity index (χ0) is 25.0. The van der Waals surface area contributed by atoms with Crippen LogP contribution in [0.2, 0.25) is 0 Å². The summed E-state index contributed by atoms with van der Waals surface area (Å²) in [6.45, 7) is 4.65. The molecule has 0 aliphatic carbocycles. The summed E-state index contributed by atoms with van der Waals surface area (Å²) in [5.41, 5.74) is 2.79. The van der Waals surface area contributed by atoms with Gasteiger partial charge in [0.2, 0.25) is 5.82 Å². The van der Waals surface area contributed by atoms with E-state index in [4.69, 9.17) is 4.74 Å². The minimum absolute atomic E-state index is 0.0309. The molecular weight excluding hydrogens is 445 g/mol. The lowest BCUT2D eigenvalue weighted by molar-refractivity contribution is 0.285. The predicted octanol–water partition coefficient (Wildman–Crippen LogP) is 9.91. The van der Waals surface area contributed by atoms with Gasteiger partial charge in [-0.15, -0.1) is 0 Å². The second-order valence-corrected chi connectivity index (χ2v) is 9.20. The van der Waals surface area contributed by atoms with E-state index >= 15 is 0 Å². The van der Waals surface area contributed by atoms with Crippen LogP contribution in [0.5, 0.6) is 5.75 Å². The average Bonchev–Trinajstić information content (AvgIpc) is 2.87. The molecule has 0 spiro atoms. The van der Waals surface area contributed by atoms with Crippen LogP contribution in [-0.2, 0) is 6.42 Å². The topological polar surface area (TPSA) is 9.23 Å². The van der Waals surface area contributed by atoms with Crippen LogP contribution in [0.3, 0.4) is 0 Å². The fraction of sp³-hybridized carbons (Fsp3) is 0.419. The Kier molecular flexibility index (Phi) is 10.7. The molecule has 3 aromatic rings. The zero-order valence-electron chi connectivity index (χ0n) is 21.0. The van der Waals surface area contributed by atoms with Crippen LogP contribution in [0.15, 0.2) is 54.6 Å². The molecule has 0 saturated carbocycles. The fourth-order valence-corrected chi connectivity index (χ4v) is 4.27. The lowest BCUT2D eigenvalue weighted by Gasteiger charge is -2.12. The first-order valence-electron chi connectivity index (χ1n) is 13.0. The summed E-state index contributed by atoms with van der Waals surface area (Å²) in [6, 6.07) is 15.5. The highest BCUT2D eigenvalue weighted by Crippen LogP contribution is 2.33. The number of halogens is 3. The molecule has 0 unspecified atom stereocenters. The van der Waals surface area contributed by atoms with Crippen LogP contribution >= 0.6 is 0 Å². The van der Waals surface area contributed by atoms with Gasteiger partial charge in [-0.3, -0.25) is 0 Å². The van der Waals surface area contributed by atoms with E-state index in [1.54, 1.807) is 6.07 Å². The first-order chi connectivity index (χ1) is 17.0. The van der Waals surface area contributed by atoms with Crippen LogP contribution < -0.4 is 4.74 Å². The molecule has 188 valence electrons. The molecule has 0 radical (unpaired) electrons. The molecule has 0 aliphatic heterocycles.